The first-order valence-electron chi connectivity index (χ1n) is 5.47. The Morgan fingerprint density at radius 3 is 2.12 bits per heavy atom. The second kappa shape index (κ2) is 6.63. The lowest BCUT2D eigenvalue weighted by Crippen LogP contribution is -2.34. The highest BCUT2D eigenvalue weighted by atomic mass is 32.1. The summed E-state index contributed by atoms with van der Waals surface area (Å²) in [7, 11) is 0. The van der Waals surface area contributed by atoms with E-state index in [1.807, 2.05) is 0 Å². The third kappa shape index (κ3) is 4.37. The van der Waals surface area contributed by atoms with E-state index in [1.54, 1.807) is 0 Å². The van der Waals surface area contributed by atoms with Crippen molar-refractivity contribution in [2.24, 2.45) is 0 Å². The summed E-state index contributed by atoms with van der Waals surface area (Å²) in [5.74, 6) is -1.58. The van der Waals surface area contributed by atoms with E-state index < -0.39 is 18.0 Å². The van der Waals surface area contributed by atoms with Gasteiger partial charge in [0.15, 0.2) is 0 Å². The van der Waals surface area contributed by atoms with E-state index in [0.29, 0.717) is 17.8 Å². The minimum Gasteiger partial charge on any atom is -0.480 e. The second-order valence-electron chi connectivity index (χ2n) is 3.93. The van der Waals surface area contributed by atoms with Gasteiger partial charge in [0.2, 0.25) is 0 Å². The lowest BCUT2D eigenvalue weighted by Gasteiger charge is -2.01. The first-order valence-corrected chi connectivity index (χ1v) is 5.88. The summed E-state index contributed by atoms with van der Waals surface area (Å²) in [6.45, 7) is 1.56. The summed E-state index contributed by atoms with van der Waals surface area (Å²) < 4.78 is 0. The van der Waals surface area contributed by atoms with Crippen molar-refractivity contribution in [2.45, 2.75) is 31.3 Å². The molecule has 4 N–H and O–H groups in total. The van der Waals surface area contributed by atoms with Crippen LogP contribution in [0.3, 0.4) is 0 Å². The van der Waals surface area contributed by atoms with Crippen molar-refractivity contribution in [3.8, 4) is 0 Å². The van der Waals surface area contributed by atoms with Crippen molar-refractivity contribution in [2.75, 3.05) is 13.1 Å². The standard InChI is InChI=1S/C5H7NO2S.C5H9NO2/c7-5(8)4-3(9)1-2-6-4;7-5(8)4-2-1-3-6-4/h4,6H,1-2H2,(H,7,8);4,6H,1-3H2,(H,7,8)/t2*4-/m00/s1. The van der Waals surface area contributed by atoms with Gasteiger partial charge >= 0.3 is 11.9 Å². The maximum atomic E-state index is 10.3. The molecule has 17 heavy (non-hydrogen) atoms. The highest BCUT2D eigenvalue weighted by Crippen LogP contribution is 2.03. The maximum Gasteiger partial charge on any atom is 0.325 e. The van der Waals surface area contributed by atoms with Gasteiger partial charge in [-0.25, -0.2) is 0 Å². The van der Waals surface area contributed by atoms with Gasteiger partial charge in [-0.3, -0.25) is 14.9 Å². The van der Waals surface area contributed by atoms with Gasteiger partial charge in [-0.2, -0.15) is 0 Å². The molecule has 2 rings (SSSR count). The number of carboxylic acid groups (broad SMARTS) is 2. The summed E-state index contributed by atoms with van der Waals surface area (Å²) in [5, 5.41) is 22.4. The van der Waals surface area contributed by atoms with Crippen LogP contribution in [0.25, 0.3) is 0 Å². The molecule has 0 spiro atoms. The molecule has 0 amide bonds. The molecule has 7 heteroatoms. The fourth-order valence-corrected chi connectivity index (χ4v) is 2.00. The number of rotatable bonds is 2. The largest absolute Gasteiger partial charge is 0.480 e. The number of aliphatic carboxylic acids is 2. The first kappa shape index (κ1) is 14.0. The molecule has 0 unspecified atom stereocenters. The van der Waals surface area contributed by atoms with Gasteiger partial charge in [0.05, 0.1) is 0 Å². The van der Waals surface area contributed by atoms with Crippen LogP contribution in [-0.2, 0) is 9.59 Å². The molecule has 2 saturated heterocycles. The predicted molar refractivity (Wildman–Crippen MR) is 65.3 cm³/mol. The second-order valence-corrected chi connectivity index (χ2v) is 4.45. The van der Waals surface area contributed by atoms with E-state index >= 15 is 0 Å². The van der Waals surface area contributed by atoms with Crippen molar-refractivity contribution in [1.29, 1.82) is 0 Å². The van der Waals surface area contributed by atoms with Gasteiger partial charge in [0.1, 0.15) is 12.1 Å². The number of hydrogen-bond acceptors (Lipinski definition) is 5. The van der Waals surface area contributed by atoms with Crippen molar-refractivity contribution in [3.63, 3.8) is 0 Å². The fourth-order valence-electron chi connectivity index (χ4n) is 1.72. The SMILES string of the molecule is O=C(O)[C@@H]1CCCN1.O=C(O)[C@H]1NCCC1=S. The predicted octanol–water partition coefficient (Wildman–Crippen LogP) is -0.374. The molecule has 2 fully saturated rings. The van der Waals surface area contributed by atoms with Gasteiger partial charge in [-0.05, 0) is 25.8 Å². The third-order valence-corrected chi connectivity index (χ3v) is 3.09. The monoisotopic (exact) mass is 260 g/mol. The van der Waals surface area contributed by atoms with Crippen LogP contribution < -0.4 is 10.6 Å². The molecule has 2 aliphatic rings. The van der Waals surface area contributed by atoms with Gasteiger partial charge in [-0.1, -0.05) is 12.2 Å². The molecule has 0 bridgehead atoms. The van der Waals surface area contributed by atoms with Gasteiger partial charge in [0.25, 0.3) is 0 Å². The number of carbonyl (C=O) groups is 2. The van der Waals surface area contributed by atoms with E-state index in [2.05, 4.69) is 10.6 Å². The number of hydrogen-bond donors (Lipinski definition) is 4. The molecule has 0 saturated carbocycles. The molecule has 96 valence electrons. The van der Waals surface area contributed by atoms with Crippen molar-refractivity contribution >= 4 is 29.0 Å². The van der Waals surface area contributed by atoms with Crippen LogP contribution in [0, 0.1) is 0 Å². The topological polar surface area (TPSA) is 98.7 Å². The van der Waals surface area contributed by atoms with Gasteiger partial charge < -0.3 is 15.5 Å². The fraction of sp³-hybridized carbons (Fsp3) is 0.700. The average Bonchev–Trinajstić information content (AvgIpc) is 2.87. The molecule has 0 aliphatic carbocycles. The van der Waals surface area contributed by atoms with E-state index in [9.17, 15) is 9.59 Å². The summed E-state index contributed by atoms with van der Waals surface area (Å²) in [5.41, 5.74) is 0. The Kier molecular flexibility index (Phi) is 5.46. The molecule has 2 atom stereocenters. The Hall–Kier alpha value is -1.05. The zero-order valence-electron chi connectivity index (χ0n) is 9.31. The van der Waals surface area contributed by atoms with Crippen LogP contribution in [0.1, 0.15) is 19.3 Å². The molecule has 2 heterocycles. The highest BCUT2D eigenvalue weighted by molar-refractivity contribution is 7.80. The quantitative estimate of drug-likeness (QED) is 0.503. The van der Waals surface area contributed by atoms with Crippen molar-refractivity contribution in [3.05, 3.63) is 0 Å². The van der Waals surface area contributed by atoms with Gasteiger partial charge in [-0.15, -0.1) is 0 Å². The van der Waals surface area contributed by atoms with Gasteiger partial charge in [0, 0.05) is 11.4 Å². The average molecular weight is 260 g/mol. The number of carboxylic acids is 2. The Balaban J connectivity index is 0.000000171. The third-order valence-electron chi connectivity index (χ3n) is 2.65. The van der Waals surface area contributed by atoms with E-state index in [1.165, 1.54) is 0 Å². The van der Waals surface area contributed by atoms with E-state index in [0.717, 1.165) is 19.4 Å². The van der Waals surface area contributed by atoms with Crippen LogP contribution in [0.15, 0.2) is 0 Å². The first-order chi connectivity index (χ1) is 8.02. The minimum absolute atomic E-state index is 0.269. The molecule has 0 aromatic rings. The summed E-state index contributed by atoms with van der Waals surface area (Å²) in [6.07, 6.45) is 2.50. The van der Waals surface area contributed by atoms with Crippen LogP contribution in [0.2, 0.25) is 0 Å². The Morgan fingerprint density at radius 2 is 1.88 bits per heavy atom. The highest BCUT2D eigenvalue weighted by Gasteiger charge is 2.26. The van der Waals surface area contributed by atoms with Crippen LogP contribution in [0.5, 0.6) is 0 Å². The molecular formula is C10H16N2O4S. The van der Waals surface area contributed by atoms with E-state index in [4.69, 9.17) is 22.4 Å². The lowest BCUT2D eigenvalue weighted by molar-refractivity contribution is -0.139. The zero-order chi connectivity index (χ0) is 12.8. The molecule has 0 radical (unpaired) electrons. The smallest absolute Gasteiger partial charge is 0.325 e. The summed E-state index contributed by atoms with van der Waals surface area (Å²) >= 11 is 4.77. The molecule has 0 aromatic heterocycles. The number of thiocarbonyl (C=S) groups is 1. The lowest BCUT2D eigenvalue weighted by atomic mass is 10.2. The minimum atomic E-state index is -0.863. The van der Waals surface area contributed by atoms with Crippen LogP contribution >= 0.6 is 12.2 Å². The zero-order valence-corrected chi connectivity index (χ0v) is 10.1. The normalized spacial score (nSPS) is 27.4. The molecule has 2 aliphatic heterocycles. The van der Waals surface area contributed by atoms with Crippen LogP contribution in [0.4, 0.5) is 0 Å². The van der Waals surface area contributed by atoms with E-state index in [-0.39, 0.29) is 6.04 Å². The van der Waals surface area contributed by atoms with Crippen molar-refractivity contribution < 1.29 is 19.8 Å². The number of nitrogens with one attached hydrogen (secondary N) is 2. The Bertz CT molecular complexity index is 315. The molecule has 6 nitrogen and oxygen atoms in total. The van der Waals surface area contributed by atoms with Crippen molar-refractivity contribution in [1.82, 2.24) is 10.6 Å². The van der Waals surface area contributed by atoms with Crippen LogP contribution in [-0.4, -0.2) is 52.2 Å². The Morgan fingerprint density at radius 1 is 1.18 bits per heavy atom. The summed E-state index contributed by atoms with van der Waals surface area (Å²) in [6, 6.07) is -0.838. The Labute approximate surface area is 104 Å². The molecular weight excluding hydrogens is 244 g/mol. The maximum absolute atomic E-state index is 10.3. The summed E-state index contributed by atoms with van der Waals surface area (Å²) in [4.78, 5) is 21.0. The molecule has 0 aromatic carbocycles.